The van der Waals surface area contributed by atoms with Crippen LogP contribution in [0, 0.1) is 0 Å². The first-order chi connectivity index (χ1) is 11.7. The fraction of sp³-hybridized carbons (Fsp3) is 0.133. The molecule has 0 aliphatic heterocycles. The zero-order chi connectivity index (χ0) is 18.6. The SMILES string of the molecule is O=C(Cn1cccc(C(F)(F)F)c1=O)NNC(=O)c1ccccc1Cl. The van der Waals surface area contributed by atoms with Gasteiger partial charge in [-0.1, -0.05) is 23.7 Å². The Labute approximate surface area is 144 Å². The smallest absolute Gasteiger partial charge is 0.306 e. The Hall–Kier alpha value is -2.81. The van der Waals surface area contributed by atoms with Crippen molar-refractivity contribution in [2.75, 3.05) is 0 Å². The molecule has 0 saturated heterocycles. The number of hydrogen-bond acceptors (Lipinski definition) is 3. The van der Waals surface area contributed by atoms with E-state index in [1.54, 1.807) is 12.1 Å². The maximum absolute atomic E-state index is 12.7. The molecular formula is C15H11ClF3N3O3. The van der Waals surface area contributed by atoms with Crippen LogP contribution in [-0.2, 0) is 17.5 Å². The van der Waals surface area contributed by atoms with Crippen molar-refractivity contribution in [1.82, 2.24) is 15.4 Å². The molecule has 2 aromatic rings. The van der Waals surface area contributed by atoms with Crippen molar-refractivity contribution in [2.45, 2.75) is 12.7 Å². The van der Waals surface area contributed by atoms with E-state index in [-0.39, 0.29) is 10.6 Å². The number of hydrazine groups is 1. The summed E-state index contributed by atoms with van der Waals surface area (Å²) in [6.45, 7) is -0.703. The van der Waals surface area contributed by atoms with Crippen LogP contribution in [0.2, 0.25) is 5.02 Å². The van der Waals surface area contributed by atoms with Gasteiger partial charge in [-0.3, -0.25) is 25.2 Å². The molecule has 1 aromatic carbocycles. The number of rotatable bonds is 3. The number of carbonyl (C=O) groups is 2. The summed E-state index contributed by atoms with van der Waals surface area (Å²) in [6.07, 6.45) is -3.79. The summed E-state index contributed by atoms with van der Waals surface area (Å²) in [7, 11) is 0. The molecule has 2 amide bonds. The molecule has 10 heteroatoms. The Morgan fingerprint density at radius 1 is 1.08 bits per heavy atom. The molecule has 6 nitrogen and oxygen atoms in total. The van der Waals surface area contributed by atoms with Gasteiger partial charge in [-0.25, -0.2) is 0 Å². The summed E-state index contributed by atoms with van der Waals surface area (Å²) in [5, 5.41) is 0.156. The van der Waals surface area contributed by atoms with Crippen molar-refractivity contribution in [3.8, 4) is 0 Å². The largest absolute Gasteiger partial charge is 0.421 e. The second kappa shape index (κ2) is 7.39. The Balaban J connectivity index is 2.03. The van der Waals surface area contributed by atoms with Gasteiger partial charge in [0.05, 0.1) is 10.6 Å². The van der Waals surface area contributed by atoms with Crippen LogP contribution in [0.1, 0.15) is 15.9 Å². The molecule has 0 bridgehead atoms. The number of amides is 2. The van der Waals surface area contributed by atoms with E-state index in [2.05, 4.69) is 5.43 Å². The molecule has 0 radical (unpaired) electrons. The second-order valence-electron chi connectivity index (χ2n) is 4.83. The molecule has 1 heterocycles. The lowest BCUT2D eigenvalue weighted by molar-refractivity contribution is -0.139. The number of aromatic nitrogens is 1. The van der Waals surface area contributed by atoms with Crippen LogP contribution < -0.4 is 16.4 Å². The maximum Gasteiger partial charge on any atom is 0.421 e. The Morgan fingerprint density at radius 3 is 2.40 bits per heavy atom. The summed E-state index contributed by atoms with van der Waals surface area (Å²) in [5.41, 5.74) is 1.42. The van der Waals surface area contributed by atoms with Crippen LogP contribution in [0.5, 0.6) is 0 Å². The summed E-state index contributed by atoms with van der Waals surface area (Å²) in [5.74, 6) is -1.60. The third-order valence-electron chi connectivity index (χ3n) is 3.07. The molecule has 0 spiro atoms. The van der Waals surface area contributed by atoms with E-state index in [0.29, 0.717) is 10.6 Å². The van der Waals surface area contributed by atoms with Crippen molar-refractivity contribution in [3.05, 3.63) is 69.1 Å². The average Bonchev–Trinajstić information content (AvgIpc) is 2.54. The summed E-state index contributed by atoms with van der Waals surface area (Å²) in [4.78, 5) is 35.3. The van der Waals surface area contributed by atoms with Gasteiger partial charge >= 0.3 is 6.18 Å². The van der Waals surface area contributed by atoms with Crippen molar-refractivity contribution in [3.63, 3.8) is 0 Å². The Kier molecular flexibility index (Phi) is 5.48. The first kappa shape index (κ1) is 18.5. The Morgan fingerprint density at radius 2 is 1.76 bits per heavy atom. The lowest BCUT2D eigenvalue weighted by Gasteiger charge is -2.11. The van der Waals surface area contributed by atoms with Gasteiger partial charge in [-0.2, -0.15) is 13.2 Å². The predicted octanol–water partition coefficient (Wildman–Crippen LogP) is 1.98. The van der Waals surface area contributed by atoms with Gasteiger partial charge in [0.2, 0.25) is 0 Å². The van der Waals surface area contributed by atoms with E-state index >= 15 is 0 Å². The van der Waals surface area contributed by atoms with Crippen LogP contribution >= 0.6 is 11.6 Å². The summed E-state index contributed by atoms with van der Waals surface area (Å²) < 4.78 is 38.6. The number of hydrogen-bond donors (Lipinski definition) is 2. The molecule has 0 unspecified atom stereocenters. The van der Waals surface area contributed by atoms with E-state index in [9.17, 15) is 27.6 Å². The molecule has 0 aliphatic carbocycles. The minimum absolute atomic E-state index is 0.0979. The molecule has 1 aromatic heterocycles. The molecule has 0 aliphatic rings. The number of carbonyl (C=O) groups excluding carboxylic acids is 2. The van der Waals surface area contributed by atoms with Crippen LogP contribution in [-0.4, -0.2) is 16.4 Å². The van der Waals surface area contributed by atoms with Crippen molar-refractivity contribution < 1.29 is 22.8 Å². The average molecular weight is 374 g/mol. The van der Waals surface area contributed by atoms with Crippen molar-refractivity contribution in [2.24, 2.45) is 0 Å². The zero-order valence-electron chi connectivity index (χ0n) is 12.4. The van der Waals surface area contributed by atoms with Gasteiger partial charge in [-0.05, 0) is 24.3 Å². The van der Waals surface area contributed by atoms with Crippen LogP contribution in [0.4, 0.5) is 13.2 Å². The highest BCUT2D eigenvalue weighted by atomic mass is 35.5. The van der Waals surface area contributed by atoms with Gasteiger partial charge in [0.1, 0.15) is 12.1 Å². The minimum atomic E-state index is -4.82. The molecule has 0 atom stereocenters. The minimum Gasteiger partial charge on any atom is -0.306 e. The topological polar surface area (TPSA) is 80.2 Å². The molecular weight excluding hydrogens is 363 g/mol. The molecule has 2 rings (SSSR count). The van der Waals surface area contributed by atoms with E-state index in [4.69, 9.17) is 11.6 Å². The lowest BCUT2D eigenvalue weighted by Crippen LogP contribution is -2.44. The number of pyridine rings is 1. The van der Waals surface area contributed by atoms with E-state index < -0.39 is 35.7 Å². The van der Waals surface area contributed by atoms with Gasteiger partial charge in [0.15, 0.2) is 0 Å². The third kappa shape index (κ3) is 4.60. The fourth-order valence-electron chi connectivity index (χ4n) is 1.91. The Bertz CT molecular complexity index is 865. The monoisotopic (exact) mass is 373 g/mol. The molecule has 25 heavy (non-hydrogen) atoms. The van der Waals surface area contributed by atoms with E-state index in [1.807, 2.05) is 5.43 Å². The van der Waals surface area contributed by atoms with Gasteiger partial charge in [-0.15, -0.1) is 0 Å². The molecule has 2 N–H and O–H groups in total. The fourth-order valence-corrected chi connectivity index (χ4v) is 2.13. The van der Waals surface area contributed by atoms with E-state index in [1.165, 1.54) is 12.1 Å². The number of halogens is 4. The van der Waals surface area contributed by atoms with Crippen LogP contribution in [0.3, 0.4) is 0 Å². The van der Waals surface area contributed by atoms with Crippen molar-refractivity contribution in [1.29, 1.82) is 0 Å². The highest BCUT2D eigenvalue weighted by Gasteiger charge is 2.34. The van der Waals surface area contributed by atoms with Gasteiger partial charge in [0.25, 0.3) is 17.4 Å². The molecule has 132 valence electrons. The number of alkyl halides is 3. The quantitative estimate of drug-likeness (QED) is 0.807. The van der Waals surface area contributed by atoms with Crippen LogP contribution in [0.15, 0.2) is 47.4 Å². The standard InChI is InChI=1S/C15H11ClF3N3O3/c16-11-6-2-1-4-9(11)13(24)21-20-12(23)8-22-7-3-5-10(14(22)25)15(17,18)19/h1-7H,8H2,(H,20,23)(H,21,24). The first-order valence-electron chi connectivity index (χ1n) is 6.80. The lowest BCUT2D eigenvalue weighted by atomic mass is 10.2. The molecule has 0 saturated carbocycles. The third-order valence-corrected chi connectivity index (χ3v) is 3.40. The second-order valence-corrected chi connectivity index (χ2v) is 5.24. The maximum atomic E-state index is 12.7. The normalized spacial score (nSPS) is 11.0. The first-order valence-corrected chi connectivity index (χ1v) is 7.18. The zero-order valence-corrected chi connectivity index (χ0v) is 13.2. The molecule has 0 fully saturated rings. The highest BCUT2D eigenvalue weighted by molar-refractivity contribution is 6.33. The van der Waals surface area contributed by atoms with Gasteiger partial charge < -0.3 is 4.57 Å². The van der Waals surface area contributed by atoms with E-state index in [0.717, 1.165) is 12.3 Å². The number of benzene rings is 1. The van der Waals surface area contributed by atoms with Crippen LogP contribution in [0.25, 0.3) is 0 Å². The summed E-state index contributed by atoms with van der Waals surface area (Å²) >= 11 is 5.82. The predicted molar refractivity (Wildman–Crippen MR) is 82.8 cm³/mol. The highest BCUT2D eigenvalue weighted by Crippen LogP contribution is 2.25. The summed E-state index contributed by atoms with van der Waals surface area (Å²) in [6, 6.07) is 7.68. The number of nitrogens with one attached hydrogen (secondary N) is 2. The number of nitrogens with zero attached hydrogens (tertiary/aromatic N) is 1. The van der Waals surface area contributed by atoms with Gasteiger partial charge in [0, 0.05) is 6.20 Å². The van der Waals surface area contributed by atoms with Crippen molar-refractivity contribution >= 4 is 23.4 Å².